The molecule has 7 heteroatoms. The maximum atomic E-state index is 12.4. The molecule has 0 saturated carbocycles. The summed E-state index contributed by atoms with van der Waals surface area (Å²) in [5, 5.41) is 11.5. The van der Waals surface area contributed by atoms with Gasteiger partial charge in [-0.1, -0.05) is 49.4 Å². The Hall–Kier alpha value is -4.13. The lowest BCUT2D eigenvalue weighted by Crippen LogP contribution is -2.24. The van der Waals surface area contributed by atoms with Crippen molar-refractivity contribution in [1.29, 1.82) is 0 Å². The first-order chi connectivity index (χ1) is 15.5. The molecule has 0 atom stereocenters. The van der Waals surface area contributed by atoms with Gasteiger partial charge in [-0.2, -0.15) is 0 Å². The molecular formula is C25H26N4O3. The average Bonchev–Trinajstić information content (AvgIpc) is 2.82. The van der Waals surface area contributed by atoms with Crippen LogP contribution in [0.5, 0.6) is 0 Å². The Morgan fingerprint density at radius 1 is 0.719 bits per heavy atom. The lowest BCUT2D eigenvalue weighted by Gasteiger charge is -2.11. The minimum absolute atomic E-state index is 0.0284. The summed E-state index contributed by atoms with van der Waals surface area (Å²) in [5.41, 5.74) is 3.39. The standard InChI is InChI=1S/C25H26N4O3/c1-2-23(30)28-21-12-7-13-22(15-21)29-24(31)17-26-20-11-6-10-19(14-20)25(32)27-16-18-8-4-3-5-9-18/h3-15,26H,2,16-17H2,1H3,(H,27,32)(H,28,30)(H,29,31). The van der Waals surface area contributed by atoms with Gasteiger partial charge < -0.3 is 21.3 Å². The number of amides is 3. The molecule has 0 spiro atoms. The molecule has 0 radical (unpaired) electrons. The van der Waals surface area contributed by atoms with E-state index in [2.05, 4.69) is 21.3 Å². The Morgan fingerprint density at radius 3 is 2.09 bits per heavy atom. The zero-order chi connectivity index (χ0) is 22.8. The molecule has 164 valence electrons. The van der Waals surface area contributed by atoms with Crippen LogP contribution >= 0.6 is 0 Å². The Labute approximate surface area is 187 Å². The molecule has 0 fully saturated rings. The molecule has 7 nitrogen and oxygen atoms in total. The number of hydrogen-bond acceptors (Lipinski definition) is 4. The highest BCUT2D eigenvalue weighted by atomic mass is 16.2. The number of carbonyl (C=O) groups excluding carboxylic acids is 3. The summed E-state index contributed by atoms with van der Waals surface area (Å²) < 4.78 is 0. The van der Waals surface area contributed by atoms with Gasteiger partial charge >= 0.3 is 0 Å². The van der Waals surface area contributed by atoms with Crippen LogP contribution in [0.1, 0.15) is 29.3 Å². The van der Waals surface area contributed by atoms with E-state index in [1.54, 1.807) is 55.5 Å². The van der Waals surface area contributed by atoms with Crippen molar-refractivity contribution >= 4 is 34.8 Å². The van der Waals surface area contributed by atoms with Gasteiger partial charge in [0.05, 0.1) is 6.54 Å². The molecule has 0 saturated heterocycles. The van der Waals surface area contributed by atoms with Gasteiger partial charge in [0, 0.05) is 35.6 Å². The number of anilines is 3. The summed E-state index contributed by atoms with van der Waals surface area (Å²) in [5.74, 6) is -0.529. The maximum Gasteiger partial charge on any atom is 0.251 e. The van der Waals surface area contributed by atoms with Crippen molar-refractivity contribution in [3.63, 3.8) is 0 Å². The summed E-state index contributed by atoms with van der Waals surface area (Å²) in [6.45, 7) is 2.24. The molecule has 3 amide bonds. The number of hydrogen-bond donors (Lipinski definition) is 4. The van der Waals surface area contributed by atoms with Gasteiger partial charge in [0.2, 0.25) is 11.8 Å². The molecule has 32 heavy (non-hydrogen) atoms. The van der Waals surface area contributed by atoms with Crippen LogP contribution in [0.4, 0.5) is 17.1 Å². The van der Waals surface area contributed by atoms with Crippen LogP contribution < -0.4 is 21.3 Å². The van der Waals surface area contributed by atoms with E-state index in [-0.39, 0.29) is 24.3 Å². The molecule has 0 heterocycles. The third-order valence-corrected chi connectivity index (χ3v) is 4.62. The van der Waals surface area contributed by atoms with Gasteiger partial charge in [-0.05, 0) is 42.0 Å². The van der Waals surface area contributed by atoms with Crippen molar-refractivity contribution in [3.8, 4) is 0 Å². The fraction of sp³-hybridized carbons (Fsp3) is 0.160. The largest absolute Gasteiger partial charge is 0.376 e. The summed E-state index contributed by atoms with van der Waals surface area (Å²) in [6, 6.07) is 23.6. The predicted molar refractivity (Wildman–Crippen MR) is 127 cm³/mol. The van der Waals surface area contributed by atoms with E-state index in [4.69, 9.17) is 0 Å². The van der Waals surface area contributed by atoms with Crippen LogP contribution in [0.15, 0.2) is 78.9 Å². The van der Waals surface area contributed by atoms with Crippen molar-refractivity contribution < 1.29 is 14.4 Å². The second kappa shape index (κ2) is 11.3. The highest BCUT2D eigenvalue weighted by Gasteiger charge is 2.08. The van der Waals surface area contributed by atoms with Crippen molar-refractivity contribution in [1.82, 2.24) is 5.32 Å². The number of nitrogens with one attached hydrogen (secondary N) is 4. The first-order valence-corrected chi connectivity index (χ1v) is 10.4. The summed E-state index contributed by atoms with van der Waals surface area (Å²) in [7, 11) is 0. The van der Waals surface area contributed by atoms with Crippen molar-refractivity contribution in [2.45, 2.75) is 19.9 Å². The highest BCUT2D eigenvalue weighted by Crippen LogP contribution is 2.16. The minimum atomic E-state index is -0.247. The van der Waals surface area contributed by atoms with E-state index in [9.17, 15) is 14.4 Å². The molecule has 3 aromatic carbocycles. The fourth-order valence-electron chi connectivity index (χ4n) is 2.96. The van der Waals surface area contributed by atoms with Crippen LogP contribution in [0.2, 0.25) is 0 Å². The average molecular weight is 431 g/mol. The monoisotopic (exact) mass is 430 g/mol. The summed E-state index contributed by atoms with van der Waals surface area (Å²) in [4.78, 5) is 36.3. The SMILES string of the molecule is CCC(=O)Nc1cccc(NC(=O)CNc2cccc(C(=O)NCc3ccccc3)c2)c1. The van der Waals surface area contributed by atoms with E-state index >= 15 is 0 Å². The molecule has 0 bridgehead atoms. The maximum absolute atomic E-state index is 12.4. The number of rotatable bonds is 9. The molecule has 3 aromatic rings. The van der Waals surface area contributed by atoms with E-state index in [0.29, 0.717) is 35.6 Å². The number of benzene rings is 3. The van der Waals surface area contributed by atoms with Gasteiger partial charge in [0.15, 0.2) is 0 Å². The molecule has 0 aliphatic carbocycles. The fourth-order valence-corrected chi connectivity index (χ4v) is 2.96. The molecule has 0 unspecified atom stereocenters. The molecule has 0 aliphatic heterocycles. The predicted octanol–water partition coefficient (Wildman–Crippen LogP) is 4.02. The Morgan fingerprint density at radius 2 is 1.38 bits per heavy atom. The lowest BCUT2D eigenvalue weighted by molar-refractivity contribution is -0.116. The van der Waals surface area contributed by atoms with Gasteiger partial charge in [-0.25, -0.2) is 0 Å². The van der Waals surface area contributed by atoms with Gasteiger partial charge in [-0.3, -0.25) is 14.4 Å². The van der Waals surface area contributed by atoms with E-state index < -0.39 is 0 Å². The first kappa shape index (κ1) is 22.6. The van der Waals surface area contributed by atoms with Crippen LogP contribution in [-0.2, 0) is 16.1 Å². The van der Waals surface area contributed by atoms with Crippen molar-refractivity contribution in [2.75, 3.05) is 22.5 Å². The molecule has 0 aliphatic rings. The normalized spacial score (nSPS) is 10.2. The van der Waals surface area contributed by atoms with E-state index in [1.807, 2.05) is 30.3 Å². The molecule has 0 aromatic heterocycles. The quantitative estimate of drug-likeness (QED) is 0.412. The van der Waals surface area contributed by atoms with Crippen molar-refractivity contribution in [3.05, 3.63) is 90.0 Å². The lowest BCUT2D eigenvalue weighted by atomic mass is 10.1. The Kier molecular flexibility index (Phi) is 7.97. The van der Waals surface area contributed by atoms with Crippen LogP contribution in [0.25, 0.3) is 0 Å². The van der Waals surface area contributed by atoms with E-state index in [0.717, 1.165) is 5.56 Å². The first-order valence-electron chi connectivity index (χ1n) is 10.4. The summed E-state index contributed by atoms with van der Waals surface area (Å²) >= 11 is 0. The second-order valence-corrected chi connectivity index (χ2v) is 7.13. The van der Waals surface area contributed by atoms with Gasteiger partial charge in [0.25, 0.3) is 5.91 Å². The van der Waals surface area contributed by atoms with Crippen LogP contribution in [0.3, 0.4) is 0 Å². The van der Waals surface area contributed by atoms with Crippen LogP contribution in [-0.4, -0.2) is 24.3 Å². The molecule has 4 N–H and O–H groups in total. The third-order valence-electron chi connectivity index (χ3n) is 4.62. The third kappa shape index (κ3) is 6.98. The minimum Gasteiger partial charge on any atom is -0.376 e. The van der Waals surface area contributed by atoms with E-state index in [1.165, 1.54) is 0 Å². The molecular weight excluding hydrogens is 404 g/mol. The van der Waals surface area contributed by atoms with Crippen LogP contribution in [0, 0.1) is 0 Å². The summed E-state index contributed by atoms with van der Waals surface area (Å²) in [6.07, 6.45) is 0.379. The highest BCUT2D eigenvalue weighted by molar-refractivity contribution is 5.97. The van der Waals surface area contributed by atoms with Gasteiger partial charge in [-0.15, -0.1) is 0 Å². The van der Waals surface area contributed by atoms with Gasteiger partial charge in [0.1, 0.15) is 0 Å². The zero-order valence-electron chi connectivity index (χ0n) is 17.9. The Bertz CT molecular complexity index is 1080. The molecule has 3 rings (SSSR count). The smallest absolute Gasteiger partial charge is 0.251 e. The number of carbonyl (C=O) groups is 3. The zero-order valence-corrected chi connectivity index (χ0v) is 17.9. The topological polar surface area (TPSA) is 99.3 Å². The second-order valence-electron chi connectivity index (χ2n) is 7.13. The van der Waals surface area contributed by atoms with Crippen molar-refractivity contribution in [2.24, 2.45) is 0 Å². The Balaban J connectivity index is 1.51.